The fourth-order valence-corrected chi connectivity index (χ4v) is 2.71. The molecule has 3 rings (SSSR count). The number of anilines is 1. The Morgan fingerprint density at radius 1 is 1.42 bits per heavy atom. The van der Waals surface area contributed by atoms with E-state index in [4.69, 9.17) is 21.8 Å². The van der Waals surface area contributed by atoms with Crippen molar-refractivity contribution in [2.75, 3.05) is 5.73 Å². The minimum Gasteiger partial charge on any atom is -0.408 e. The fraction of sp³-hybridized carbons (Fsp3) is 0. The first-order chi connectivity index (χ1) is 9.13. The largest absolute Gasteiger partial charge is 0.417 e. The lowest BCUT2D eigenvalue weighted by Gasteiger charge is -2.05. The van der Waals surface area contributed by atoms with E-state index in [9.17, 15) is 4.79 Å². The number of H-pyrrole nitrogens is 1. The first-order valence-electron chi connectivity index (χ1n) is 5.34. The van der Waals surface area contributed by atoms with Crippen LogP contribution < -0.4 is 11.5 Å². The van der Waals surface area contributed by atoms with Gasteiger partial charge >= 0.3 is 5.76 Å². The third-order valence-electron chi connectivity index (χ3n) is 2.48. The van der Waals surface area contributed by atoms with Crippen molar-refractivity contribution in [3.63, 3.8) is 0 Å². The highest BCUT2D eigenvalue weighted by Crippen LogP contribution is 2.36. The van der Waals surface area contributed by atoms with Gasteiger partial charge in [-0.05, 0) is 18.2 Å². The average molecular weight is 294 g/mol. The van der Waals surface area contributed by atoms with Crippen molar-refractivity contribution in [1.82, 2.24) is 9.97 Å². The van der Waals surface area contributed by atoms with E-state index in [0.29, 0.717) is 26.8 Å². The second-order valence-corrected chi connectivity index (χ2v) is 5.23. The molecule has 0 saturated carbocycles. The summed E-state index contributed by atoms with van der Waals surface area (Å²) in [6.45, 7) is 0. The van der Waals surface area contributed by atoms with Gasteiger partial charge in [0.2, 0.25) is 0 Å². The van der Waals surface area contributed by atoms with Crippen LogP contribution in [0.3, 0.4) is 0 Å². The molecule has 0 aliphatic heterocycles. The van der Waals surface area contributed by atoms with E-state index in [2.05, 4.69) is 9.97 Å². The molecule has 0 bridgehead atoms. The lowest BCUT2D eigenvalue weighted by Crippen LogP contribution is -1.93. The molecule has 3 aromatic rings. The molecule has 7 heteroatoms. The molecule has 0 radical (unpaired) electrons. The standard InChI is InChI=1S/C12H8ClN3O2S/c13-6-2-1-3-15-11(6)19-10-5-8-9(4-7(10)14)18-12(17)16-8/h1-5H,14H2,(H,16,17). The van der Waals surface area contributed by atoms with E-state index in [-0.39, 0.29) is 0 Å². The number of aromatic nitrogens is 2. The van der Waals surface area contributed by atoms with Gasteiger partial charge in [-0.2, -0.15) is 0 Å². The molecule has 5 nitrogen and oxygen atoms in total. The molecule has 0 unspecified atom stereocenters. The molecule has 0 amide bonds. The molecule has 0 aliphatic carbocycles. The molecule has 19 heavy (non-hydrogen) atoms. The van der Waals surface area contributed by atoms with Gasteiger partial charge in [-0.15, -0.1) is 0 Å². The number of halogens is 1. The van der Waals surface area contributed by atoms with E-state index in [1.165, 1.54) is 11.8 Å². The summed E-state index contributed by atoms with van der Waals surface area (Å²) < 4.78 is 4.94. The third kappa shape index (κ3) is 2.32. The molecule has 0 saturated heterocycles. The predicted molar refractivity (Wildman–Crippen MR) is 74.6 cm³/mol. The zero-order valence-corrected chi connectivity index (χ0v) is 11.1. The van der Waals surface area contributed by atoms with E-state index < -0.39 is 5.76 Å². The van der Waals surface area contributed by atoms with E-state index in [1.807, 2.05) is 0 Å². The summed E-state index contributed by atoms with van der Waals surface area (Å²) in [7, 11) is 0. The maximum absolute atomic E-state index is 11.1. The van der Waals surface area contributed by atoms with Crippen LogP contribution in [0.25, 0.3) is 11.1 Å². The fourth-order valence-electron chi connectivity index (χ4n) is 1.63. The van der Waals surface area contributed by atoms with Gasteiger partial charge in [0.05, 0.1) is 10.5 Å². The Bertz CT molecular complexity index is 812. The van der Waals surface area contributed by atoms with Gasteiger partial charge < -0.3 is 10.2 Å². The molecule has 0 aliphatic rings. The summed E-state index contributed by atoms with van der Waals surface area (Å²) in [5.74, 6) is -0.507. The van der Waals surface area contributed by atoms with Crippen LogP contribution >= 0.6 is 23.4 Å². The average Bonchev–Trinajstić information content (AvgIpc) is 2.71. The van der Waals surface area contributed by atoms with Gasteiger partial charge in [-0.3, -0.25) is 4.98 Å². The Morgan fingerprint density at radius 3 is 3.05 bits per heavy atom. The maximum atomic E-state index is 11.1. The van der Waals surface area contributed by atoms with Crippen LogP contribution in [0, 0.1) is 0 Å². The number of nitrogens with zero attached hydrogens (tertiary/aromatic N) is 1. The lowest BCUT2D eigenvalue weighted by molar-refractivity contribution is 0.555. The number of hydrogen-bond acceptors (Lipinski definition) is 5. The number of nitrogens with one attached hydrogen (secondary N) is 1. The minimum absolute atomic E-state index is 0.430. The predicted octanol–water partition coefficient (Wildman–Crippen LogP) is 2.90. The van der Waals surface area contributed by atoms with Gasteiger partial charge in [0.1, 0.15) is 5.03 Å². The number of hydrogen-bond donors (Lipinski definition) is 2. The van der Waals surface area contributed by atoms with E-state index in [1.54, 1.807) is 30.5 Å². The van der Waals surface area contributed by atoms with Crippen molar-refractivity contribution in [3.05, 3.63) is 46.0 Å². The van der Waals surface area contributed by atoms with Crippen molar-refractivity contribution in [1.29, 1.82) is 0 Å². The molecule has 0 spiro atoms. The number of aromatic amines is 1. The highest BCUT2D eigenvalue weighted by molar-refractivity contribution is 7.99. The van der Waals surface area contributed by atoms with Gasteiger partial charge in [-0.1, -0.05) is 23.4 Å². The monoisotopic (exact) mass is 293 g/mol. The molecule has 0 atom stereocenters. The summed E-state index contributed by atoms with van der Waals surface area (Å²) >= 11 is 7.38. The SMILES string of the molecule is Nc1cc2oc(=O)[nH]c2cc1Sc1ncccc1Cl. The molecular formula is C12H8ClN3O2S. The zero-order valence-electron chi connectivity index (χ0n) is 9.51. The second-order valence-electron chi connectivity index (χ2n) is 3.79. The maximum Gasteiger partial charge on any atom is 0.417 e. The van der Waals surface area contributed by atoms with Crippen LogP contribution in [0.1, 0.15) is 0 Å². The highest BCUT2D eigenvalue weighted by atomic mass is 35.5. The second kappa shape index (κ2) is 4.64. The Kier molecular flexibility index (Phi) is 2.96. The quantitative estimate of drug-likeness (QED) is 0.710. The van der Waals surface area contributed by atoms with Crippen molar-refractivity contribution in [3.8, 4) is 0 Å². The van der Waals surface area contributed by atoms with Crippen molar-refractivity contribution in [2.45, 2.75) is 9.92 Å². The number of benzene rings is 1. The Hall–Kier alpha value is -1.92. The van der Waals surface area contributed by atoms with Crippen LogP contribution in [-0.4, -0.2) is 9.97 Å². The van der Waals surface area contributed by atoms with Crippen LogP contribution in [0.4, 0.5) is 5.69 Å². The van der Waals surface area contributed by atoms with Gasteiger partial charge in [0, 0.05) is 22.8 Å². The lowest BCUT2D eigenvalue weighted by atomic mass is 10.3. The van der Waals surface area contributed by atoms with Gasteiger partial charge in [-0.25, -0.2) is 9.78 Å². The molecule has 1 aromatic carbocycles. The number of oxazole rings is 1. The number of nitrogens with two attached hydrogens (primary N) is 1. The van der Waals surface area contributed by atoms with Crippen molar-refractivity contribution < 1.29 is 4.42 Å². The molecule has 3 N–H and O–H groups in total. The van der Waals surface area contributed by atoms with Crippen LogP contribution in [0.5, 0.6) is 0 Å². The Balaban J connectivity index is 2.07. The summed E-state index contributed by atoms with van der Waals surface area (Å²) in [6.07, 6.45) is 1.66. The third-order valence-corrected chi connectivity index (χ3v) is 3.99. The number of rotatable bonds is 2. The summed E-state index contributed by atoms with van der Waals surface area (Å²) in [5.41, 5.74) is 7.45. The van der Waals surface area contributed by atoms with Gasteiger partial charge in [0.25, 0.3) is 0 Å². The Morgan fingerprint density at radius 2 is 2.26 bits per heavy atom. The molecule has 96 valence electrons. The summed E-state index contributed by atoms with van der Waals surface area (Å²) in [4.78, 5) is 18.6. The first kappa shape index (κ1) is 12.1. The highest BCUT2D eigenvalue weighted by Gasteiger charge is 2.10. The first-order valence-corrected chi connectivity index (χ1v) is 6.53. The number of nitrogen functional groups attached to an aromatic ring is 1. The van der Waals surface area contributed by atoms with Crippen LogP contribution in [0.2, 0.25) is 5.02 Å². The number of pyridine rings is 1. The summed E-state index contributed by atoms with van der Waals surface area (Å²) in [5, 5.41) is 1.20. The van der Waals surface area contributed by atoms with E-state index in [0.717, 1.165) is 4.90 Å². The van der Waals surface area contributed by atoms with Crippen molar-refractivity contribution >= 4 is 40.1 Å². The normalized spacial score (nSPS) is 11.0. The molecule has 2 aromatic heterocycles. The van der Waals surface area contributed by atoms with Gasteiger partial charge in [0.15, 0.2) is 5.58 Å². The van der Waals surface area contributed by atoms with Crippen molar-refractivity contribution in [2.24, 2.45) is 0 Å². The Labute approximate surface area is 116 Å². The van der Waals surface area contributed by atoms with Crippen LogP contribution in [-0.2, 0) is 0 Å². The topological polar surface area (TPSA) is 84.9 Å². The number of fused-ring (bicyclic) bond motifs is 1. The smallest absolute Gasteiger partial charge is 0.408 e. The molecule has 0 fully saturated rings. The van der Waals surface area contributed by atoms with Crippen LogP contribution in [0.15, 0.2) is 49.6 Å². The minimum atomic E-state index is -0.507. The zero-order chi connectivity index (χ0) is 13.4. The van der Waals surface area contributed by atoms with E-state index >= 15 is 0 Å². The molecular weight excluding hydrogens is 286 g/mol. The molecule has 2 heterocycles. The summed E-state index contributed by atoms with van der Waals surface area (Å²) in [6, 6.07) is 6.86.